The van der Waals surface area contributed by atoms with Crippen LogP contribution in [0.3, 0.4) is 0 Å². The van der Waals surface area contributed by atoms with E-state index in [0.29, 0.717) is 17.5 Å². The maximum atomic E-state index is 6.35. The van der Waals surface area contributed by atoms with Crippen molar-refractivity contribution in [2.24, 2.45) is 0 Å². The van der Waals surface area contributed by atoms with E-state index in [9.17, 15) is 0 Å². The average Bonchev–Trinajstić information content (AvgIpc) is 3.67. The van der Waals surface area contributed by atoms with Gasteiger partial charge in [0.15, 0.2) is 17.5 Å². The van der Waals surface area contributed by atoms with Gasteiger partial charge in [0.1, 0.15) is 22.3 Å². The molecular formula is C39H23N3O2. The molecule has 0 spiro atoms. The van der Waals surface area contributed by atoms with Crippen LogP contribution >= 0.6 is 0 Å². The van der Waals surface area contributed by atoms with Crippen LogP contribution < -0.4 is 0 Å². The van der Waals surface area contributed by atoms with Crippen molar-refractivity contribution in [3.8, 4) is 45.3 Å². The van der Waals surface area contributed by atoms with Gasteiger partial charge in [-0.3, -0.25) is 0 Å². The van der Waals surface area contributed by atoms with Crippen LogP contribution in [-0.2, 0) is 0 Å². The predicted octanol–water partition coefficient (Wildman–Crippen LogP) is 10.3. The molecule has 0 unspecified atom stereocenters. The monoisotopic (exact) mass is 565 g/mol. The molecule has 3 aromatic heterocycles. The Morgan fingerprint density at radius 1 is 0.341 bits per heavy atom. The van der Waals surface area contributed by atoms with E-state index in [2.05, 4.69) is 54.6 Å². The van der Waals surface area contributed by atoms with E-state index in [-0.39, 0.29) is 0 Å². The van der Waals surface area contributed by atoms with Gasteiger partial charge >= 0.3 is 0 Å². The predicted molar refractivity (Wildman–Crippen MR) is 176 cm³/mol. The molecule has 5 nitrogen and oxygen atoms in total. The van der Waals surface area contributed by atoms with Gasteiger partial charge < -0.3 is 8.83 Å². The summed E-state index contributed by atoms with van der Waals surface area (Å²) in [5.74, 6) is 1.77. The van der Waals surface area contributed by atoms with Gasteiger partial charge in [-0.2, -0.15) is 0 Å². The number of para-hydroxylation sites is 1. The number of rotatable bonds is 4. The number of fused-ring (bicyclic) bond motifs is 6. The van der Waals surface area contributed by atoms with E-state index >= 15 is 0 Å². The summed E-state index contributed by atoms with van der Waals surface area (Å²) >= 11 is 0. The van der Waals surface area contributed by atoms with Gasteiger partial charge in [-0.05, 0) is 41.5 Å². The van der Waals surface area contributed by atoms with Crippen molar-refractivity contribution in [1.29, 1.82) is 0 Å². The van der Waals surface area contributed by atoms with Gasteiger partial charge in [0.2, 0.25) is 0 Å². The Morgan fingerprint density at radius 2 is 0.864 bits per heavy atom. The van der Waals surface area contributed by atoms with E-state index in [1.54, 1.807) is 0 Å². The van der Waals surface area contributed by atoms with Crippen molar-refractivity contribution in [2.75, 3.05) is 0 Å². The fourth-order valence-corrected chi connectivity index (χ4v) is 6.12. The first-order valence-electron chi connectivity index (χ1n) is 14.5. The molecule has 5 heteroatoms. The summed E-state index contributed by atoms with van der Waals surface area (Å²) in [7, 11) is 0. The molecular weight excluding hydrogens is 542 g/mol. The lowest BCUT2D eigenvalue weighted by atomic mass is 10.0. The number of hydrogen-bond acceptors (Lipinski definition) is 5. The van der Waals surface area contributed by atoms with E-state index in [1.165, 1.54) is 0 Å². The Hall–Kier alpha value is -6.07. The quantitative estimate of drug-likeness (QED) is 0.212. The largest absolute Gasteiger partial charge is 0.456 e. The molecule has 206 valence electrons. The Morgan fingerprint density at radius 3 is 1.55 bits per heavy atom. The zero-order valence-electron chi connectivity index (χ0n) is 23.4. The fourth-order valence-electron chi connectivity index (χ4n) is 6.12. The van der Waals surface area contributed by atoms with Gasteiger partial charge in [-0.15, -0.1) is 0 Å². The van der Waals surface area contributed by atoms with Crippen LogP contribution in [0, 0.1) is 0 Å². The molecule has 0 atom stereocenters. The van der Waals surface area contributed by atoms with Crippen LogP contribution in [0.25, 0.3) is 89.2 Å². The molecule has 0 aliphatic heterocycles. The number of benzene rings is 6. The van der Waals surface area contributed by atoms with Gasteiger partial charge in [0.25, 0.3) is 0 Å². The molecule has 0 bridgehead atoms. The lowest BCUT2D eigenvalue weighted by molar-refractivity contribution is 0.668. The summed E-state index contributed by atoms with van der Waals surface area (Å²) in [4.78, 5) is 15.2. The van der Waals surface area contributed by atoms with Crippen molar-refractivity contribution in [2.45, 2.75) is 0 Å². The molecule has 0 aliphatic carbocycles. The summed E-state index contributed by atoms with van der Waals surface area (Å²) in [6.07, 6.45) is 0. The molecule has 9 rings (SSSR count). The van der Waals surface area contributed by atoms with E-state index < -0.39 is 0 Å². The van der Waals surface area contributed by atoms with Crippen molar-refractivity contribution in [1.82, 2.24) is 15.0 Å². The molecule has 0 radical (unpaired) electrons. The zero-order valence-corrected chi connectivity index (χ0v) is 23.4. The summed E-state index contributed by atoms with van der Waals surface area (Å²) in [6.45, 7) is 0. The lowest BCUT2D eigenvalue weighted by Gasteiger charge is -2.10. The van der Waals surface area contributed by atoms with E-state index in [1.807, 2.05) is 84.9 Å². The van der Waals surface area contributed by atoms with Crippen molar-refractivity contribution in [3.63, 3.8) is 0 Å². The molecule has 0 saturated carbocycles. The van der Waals surface area contributed by atoms with E-state index in [0.717, 1.165) is 71.7 Å². The van der Waals surface area contributed by atoms with Crippen molar-refractivity contribution >= 4 is 43.9 Å². The number of furan rings is 2. The number of aromatic nitrogens is 3. The summed E-state index contributed by atoms with van der Waals surface area (Å²) in [6, 6.07) is 46.9. The van der Waals surface area contributed by atoms with Crippen LogP contribution in [0.15, 0.2) is 148 Å². The Kier molecular flexibility index (Phi) is 5.43. The van der Waals surface area contributed by atoms with Crippen LogP contribution in [0.1, 0.15) is 0 Å². The molecule has 0 N–H and O–H groups in total. The van der Waals surface area contributed by atoms with Crippen LogP contribution in [0.2, 0.25) is 0 Å². The van der Waals surface area contributed by atoms with Gasteiger partial charge in [0, 0.05) is 38.2 Å². The highest BCUT2D eigenvalue weighted by molar-refractivity contribution is 6.14. The second kappa shape index (κ2) is 9.75. The van der Waals surface area contributed by atoms with Gasteiger partial charge in [-0.25, -0.2) is 15.0 Å². The normalized spacial score (nSPS) is 11.6. The molecule has 0 saturated heterocycles. The van der Waals surface area contributed by atoms with Crippen molar-refractivity contribution < 1.29 is 8.83 Å². The molecule has 9 aromatic rings. The Labute approximate surface area is 252 Å². The SMILES string of the molecule is c1ccc(-c2ccc3oc4cccc(-c5nc(-c6ccccc6)nc(-c6cccc7oc8ccccc8c67)n5)c4c3c2)cc1. The minimum atomic E-state index is 0.581. The smallest absolute Gasteiger partial charge is 0.164 e. The van der Waals surface area contributed by atoms with Crippen LogP contribution in [-0.4, -0.2) is 15.0 Å². The second-order valence-corrected chi connectivity index (χ2v) is 10.8. The second-order valence-electron chi connectivity index (χ2n) is 10.8. The zero-order chi connectivity index (χ0) is 29.0. The average molecular weight is 566 g/mol. The number of nitrogens with zero attached hydrogens (tertiary/aromatic N) is 3. The summed E-state index contributed by atoms with van der Waals surface area (Å²) in [5.41, 5.74) is 8.19. The highest BCUT2D eigenvalue weighted by Gasteiger charge is 2.20. The Balaban J connectivity index is 1.33. The lowest BCUT2D eigenvalue weighted by Crippen LogP contribution is -2.00. The standard InChI is InChI=1S/C39H23N3O2/c1-3-11-24(12-4-1)26-21-22-32-30(23-26)36-29(17-10-20-34(36)44-32)39-41-37(25-13-5-2-6-14-25)40-38(42-39)28-16-9-19-33-35(28)27-15-7-8-18-31(27)43-33/h1-23H. The van der Waals surface area contributed by atoms with Crippen LogP contribution in [0.4, 0.5) is 0 Å². The highest BCUT2D eigenvalue weighted by Crippen LogP contribution is 2.40. The van der Waals surface area contributed by atoms with Crippen LogP contribution in [0.5, 0.6) is 0 Å². The Bertz CT molecular complexity index is 2500. The van der Waals surface area contributed by atoms with E-state index in [4.69, 9.17) is 23.8 Å². The molecule has 44 heavy (non-hydrogen) atoms. The minimum absolute atomic E-state index is 0.581. The first-order valence-corrected chi connectivity index (χ1v) is 14.5. The number of hydrogen-bond donors (Lipinski definition) is 0. The molecule has 0 amide bonds. The topological polar surface area (TPSA) is 65.0 Å². The molecule has 3 heterocycles. The first kappa shape index (κ1) is 24.5. The maximum absolute atomic E-state index is 6.35. The summed E-state index contributed by atoms with van der Waals surface area (Å²) < 4.78 is 12.6. The third-order valence-corrected chi connectivity index (χ3v) is 8.15. The minimum Gasteiger partial charge on any atom is -0.456 e. The molecule has 0 fully saturated rings. The summed E-state index contributed by atoms with van der Waals surface area (Å²) in [5, 5.41) is 4.00. The first-order chi connectivity index (χ1) is 21.8. The molecule has 0 aliphatic rings. The van der Waals surface area contributed by atoms with Gasteiger partial charge in [0.05, 0.1) is 0 Å². The van der Waals surface area contributed by atoms with Crippen molar-refractivity contribution in [3.05, 3.63) is 140 Å². The maximum Gasteiger partial charge on any atom is 0.164 e. The molecule has 6 aromatic carbocycles. The highest BCUT2D eigenvalue weighted by atomic mass is 16.3. The third kappa shape index (κ3) is 3.91. The van der Waals surface area contributed by atoms with Gasteiger partial charge in [-0.1, -0.05) is 109 Å². The third-order valence-electron chi connectivity index (χ3n) is 8.15. The fraction of sp³-hybridized carbons (Fsp3) is 0.